The van der Waals surface area contributed by atoms with Crippen molar-refractivity contribution in [2.24, 2.45) is 11.8 Å². The summed E-state index contributed by atoms with van der Waals surface area (Å²) < 4.78 is 3.12. The predicted molar refractivity (Wildman–Crippen MR) is 130 cm³/mol. The number of unbranched alkanes of at least 4 members (excludes halogenated alkanes) is 6. The van der Waals surface area contributed by atoms with Crippen molar-refractivity contribution in [3.05, 3.63) is 21.9 Å². The van der Waals surface area contributed by atoms with Crippen LogP contribution in [-0.4, -0.2) is 0 Å². The first-order valence-electron chi connectivity index (χ1n) is 12.2. The molecule has 0 aromatic carbocycles. The summed E-state index contributed by atoms with van der Waals surface area (Å²) in [4.78, 5) is 3.27. The second kappa shape index (κ2) is 11.7. The quantitative estimate of drug-likeness (QED) is 0.301. The smallest absolute Gasteiger partial charge is 0.0456 e. The molecular formula is C26H42S2. The molecule has 0 N–H and O–H groups in total. The van der Waals surface area contributed by atoms with Crippen LogP contribution in [-0.2, 0) is 6.42 Å². The Morgan fingerprint density at radius 2 is 1.50 bits per heavy atom. The van der Waals surface area contributed by atoms with E-state index in [1.807, 2.05) is 0 Å². The number of rotatable bonds is 12. The van der Waals surface area contributed by atoms with E-state index in [9.17, 15) is 0 Å². The molecule has 0 spiro atoms. The summed E-state index contributed by atoms with van der Waals surface area (Å²) in [7, 11) is 0. The first-order valence-corrected chi connectivity index (χ1v) is 13.9. The zero-order chi connectivity index (χ0) is 19.8. The van der Waals surface area contributed by atoms with Crippen molar-refractivity contribution in [2.75, 3.05) is 0 Å². The number of hydrogen-bond acceptors (Lipinski definition) is 2. The third kappa shape index (κ3) is 6.33. The Morgan fingerprint density at radius 1 is 0.821 bits per heavy atom. The minimum Gasteiger partial charge on any atom is -0.139 e. The van der Waals surface area contributed by atoms with E-state index >= 15 is 0 Å². The van der Waals surface area contributed by atoms with Crippen molar-refractivity contribution in [1.29, 1.82) is 0 Å². The number of aryl methyl sites for hydroxylation is 1. The van der Waals surface area contributed by atoms with Gasteiger partial charge in [-0.15, -0.1) is 22.7 Å². The summed E-state index contributed by atoms with van der Waals surface area (Å²) in [6, 6.07) is 5.05. The second-order valence-electron chi connectivity index (χ2n) is 9.32. The minimum atomic E-state index is 0.763. The first kappa shape index (κ1) is 22.3. The molecule has 0 radical (unpaired) electrons. The SMILES string of the molecule is CCCCCCCc1cc2sc(C(C)C3CCC(CCCCC)CC3)cc2s1. The van der Waals surface area contributed by atoms with Crippen LogP contribution in [0.25, 0.3) is 9.40 Å². The van der Waals surface area contributed by atoms with Crippen molar-refractivity contribution in [3.63, 3.8) is 0 Å². The van der Waals surface area contributed by atoms with Crippen LogP contribution in [0.5, 0.6) is 0 Å². The van der Waals surface area contributed by atoms with E-state index in [4.69, 9.17) is 0 Å². The molecule has 0 saturated heterocycles. The van der Waals surface area contributed by atoms with Gasteiger partial charge in [0.15, 0.2) is 0 Å². The monoisotopic (exact) mass is 418 g/mol. The summed E-state index contributed by atoms with van der Waals surface area (Å²) >= 11 is 4.16. The summed E-state index contributed by atoms with van der Waals surface area (Å²) in [5.41, 5.74) is 0. The molecule has 0 bridgehead atoms. The van der Waals surface area contributed by atoms with E-state index in [1.54, 1.807) is 19.2 Å². The highest BCUT2D eigenvalue weighted by Gasteiger charge is 2.27. The molecule has 3 rings (SSSR count). The van der Waals surface area contributed by atoms with Gasteiger partial charge in [-0.3, -0.25) is 0 Å². The zero-order valence-electron chi connectivity index (χ0n) is 18.6. The van der Waals surface area contributed by atoms with Crippen LogP contribution in [0.1, 0.15) is 120 Å². The molecule has 2 heterocycles. The average molecular weight is 419 g/mol. The van der Waals surface area contributed by atoms with E-state index in [0.717, 1.165) is 17.8 Å². The first-order chi connectivity index (χ1) is 13.7. The van der Waals surface area contributed by atoms with Crippen LogP contribution in [0.4, 0.5) is 0 Å². The highest BCUT2D eigenvalue weighted by molar-refractivity contribution is 7.27. The third-order valence-electron chi connectivity index (χ3n) is 7.07. The van der Waals surface area contributed by atoms with Crippen molar-refractivity contribution < 1.29 is 0 Å². The third-order valence-corrected chi connectivity index (χ3v) is 9.62. The maximum absolute atomic E-state index is 2.54. The molecule has 28 heavy (non-hydrogen) atoms. The molecule has 1 unspecified atom stereocenters. The lowest BCUT2D eigenvalue weighted by atomic mass is 9.74. The van der Waals surface area contributed by atoms with Gasteiger partial charge in [0.25, 0.3) is 0 Å². The normalized spacial score (nSPS) is 21.4. The predicted octanol–water partition coefficient (Wildman–Crippen LogP) is 9.97. The molecule has 0 amide bonds. The van der Waals surface area contributed by atoms with Gasteiger partial charge in [0.05, 0.1) is 0 Å². The maximum atomic E-state index is 2.54. The van der Waals surface area contributed by atoms with E-state index in [-0.39, 0.29) is 0 Å². The minimum absolute atomic E-state index is 0.763. The Bertz CT molecular complexity index is 640. The molecule has 2 heteroatoms. The average Bonchev–Trinajstić information content (AvgIpc) is 3.27. The van der Waals surface area contributed by atoms with E-state index < -0.39 is 0 Å². The lowest BCUT2D eigenvalue weighted by Gasteiger charge is -2.32. The molecule has 1 aliphatic carbocycles. The maximum Gasteiger partial charge on any atom is 0.0456 e. The Morgan fingerprint density at radius 3 is 2.21 bits per heavy atom. The zero-order valence-corrected chi connectivity index (χ0v) is 20.2. The van der Waals surface area contributed by atoms with E-state index in [1.165, 1.54) is 89.9 Å². The molecular weight excluding hydrogens is 376 g/mol. The van der Waals surface area contributed by atoms with Gasteiger partial charge in [0, 0.05) is 19.2 Å². The number of hydrogen-bond donors (Lipinski definition) is 0. The van der Waals surface area contributed by atoms with Crippen LogP contribution in [0.15, 0.2) is 12.1 Å². The Labute approximate surface area is 182 Å². The highest BCUT2D eigenvalue weighted by Crippen LogP contribution is 2.44. The summed E-state index contributed by atoms with van der Waals surface area (Å²) in [6.45, 7) is 7.12. The fraction of sp³-hybridized carbons (Fsp3) is 0.769. The molecule has 0 aliphatic heterocycles. The topological polar surface area (TPSA) is 0 Å². The summed E-state index contributed by atoms with van der Waals surface area (Å²) in [5, 5.41) is 0. The van der Waals surface area contributed by atoms with Gasteiger partial charge in [-0.05, 0) is 55.6 Å². The van der Waals surface area contributed by atoms with Gasteiger partial charge >= 0.3 is 0 Å². The van der Waals surface area contributed by atoms with Crippen molar-refractivity contribution in [3.8, 4) is 0 Å². The molecule has 0 nitrogen and oxygen atoms in total. The molecule has 1 aliphatic rings. The lowest BCUT2D eigenvalue weighted by Crippen LogP contribution is -2.18. The van der Waals surface area contributed by atoms with E-state index in [0.29, 0.717) is 0 Å². The summed E-state index contributed by atoms with van der Waals surface area (Å²) in [6.07, 6.45) is 19.9. The van der Waals surface area contributed by atoms with E-state index in [2.05, 4.69) is 55.6 Å². The van der Waals surface area contributed by atoms with Crippen LogP contribution in [0.3, 0.4) is 0 Å². The molecule has 1 fully saturated rings. The molecule has 158 valence electrons. The second-order valence-corrected chi connectivity index (χ2v) is 11.6. The van der Waals surface area contributed by atoms with Crippen LogP contribution in [0.2, 0.25) is 0 Å². The van der Waals surface area contributed by atoms with Gasteiger partial charge in [-0.2, -0.15) is 0 Å². The van der Waals surface area contributed by atoms with Crippen LogP contribution < -0.4 is 0 Å². The summed E-state index contributed by atoms with van der Waals surface area (Å²) in [5.74, 6) is 2.72. The van der Waals surface area contributed by atoms with Gasteiger partial charge in [-0.25, -0.2) is 0 Å². The molecule has 1 atom stereocenters. The van der Waals surface area contributed by atoms with Crippen LogP contribution >= 0.6 is 22.7 Å². The van der Waals surface area contributed by atoms with Gasteiger partial charge in [-0.1, -0.05) is 85.0 Å². The lowest BCUT2D eigenvalue weighted by molar-refractivity contribution is 0.237. The van der Waals surface area contributed by atoms with Crippen molar-refractivity contribution in [2.45, 2.75) is 117 Å². The highest BCUT2D eigenvalue weighted by atomic mass is 32.1. The number of fused-ring (bicyclic) bond motifs is 1. The van der Waals surface area contributed by atoms with Crippen molar-refractivity contribution >= 4 is 32.1 Å². The van der Waals surface area contributed by atoms with Gasteiger partial charge in [0.2, 0.25) is 0 Å². The standard InChI is InChI=1S/C26H42S2/c1-4-6-8-9-11-13-23-18-25-26(27-23)19-24(28-25)20(3)22-16-14-21(15-17-22)12-10-7-5-2/h18-22H,4-17H2,1-3H3. The number of thiophene rings is 2. The Kier molecular flexibility index (Phi) is 9.37. The molecule has 1 saturated carbocycles. The molecule has 2 aromatic heterocycles. The van der Waals surface area contributed by atoms with Crippen molar-refractivity contribution in [1.82, 2.24) is 0 Å². The largest absolute Gasteiger partial charge is 0.139 e. The Hall–Kier alpha value is -0.340. The fourth-order valence-electron chi connectivity index (χ4n) is 5.05. The fourth-order valence-corrected chi connectivity index (χ4v) is 7.67. The molecule has 2 aromatic rings. The Balaban J connectivity index is 1.46. The van der Waals surface area contributed by atoms with Gasteiger partial charge < -0.3 is 0 Å². The van der Waals surface area contributed by atoms with Gasteiger partial charge in [0.1, 0.15) is 0 Å². The van der Waals surface area contributed by atoms with Crippen LogP contribution in [0, 0.1) is 11.8 Å².